The number of anilines is 1. The highest BCUT2D eigenvalue weighted by Crippen LogP contribution is 2.24. The van der Waals surface area contributed by atoms with E-state index >= 15 is 0 Å². The second-order valence-corrected chi connectivity index (χ2v) is 4.96. The molecule has 0 saturated carbocycles. The van der Waals surface area contributed by atoms with Crippen molar-refractivity contribution in [2.45, 2.75) is 19.4 Å². The number of carboxylic acids is 1. The van der Waals surface area contributed by atoms with E-state index in [0.717, 1.165) is 25.3 Å². The highest BCUT2D eigenvalue weighted by Gasteiger charge is 2.22. The molecule has 0 aromatic heterocycles. The third-order valence-corrected chi connectivity index (χ3v) is 3.59. The zero-order chi connectivity index (χ0) is 13.1. The molecule has 2 unspecified atom stereocenters. The highest BCUT2D eigenvalue weighted by molar-refractivity contribution is 6.33. The molecule has 1 heterocycles. The summed E-state index contributed by atoms with van der Waals surface area (Å²) in [6.45, 7) is 3.64. The van der Waals surface area contributed by atoms with Gasteiger partial charge in [-0.1, -0.05) is 11.6 Å². The Bertz CT molecular complexity index is 444. The Kier molecular flexibility index (Phi) is 4.09. The second kappa shape index (κ2) is 5.59. The number of hydrogen-bond acceptors (Lipinski definition) is 3. The van der Waals surface area contributed by atoms with Gasteiger partial charge in [0, 0.05) is 24.3 Å². The van der Waals surface area contributed by atoms with Gasteiger partial charge in [0.05, 0.1) is 17.2 Å². The number of halogens is 1. The van der Waals surface area contributed by atoms with Crippen LogP contribution in [0.2, 0.25) is 5.02 Å². The van der Waals surface area contributed by atoms with Gasteiger partial charge in [-0.05, 0) is 31.5 Å². The van der Waals surface area contributed by atoms with E-state index in [9.17, 15) is 4.79 Å². The first-order valence-electron chi connectivity index (χ1n) is 5.95. The number of benzene rings is 1. The summed E-state index contributed by atoms with van der Waals surface area (Å²) in [7, 11) is 0. The number of carboxylic acid groups (broad SMARTS) is 1. The van der Waals surface area contributed by atoms with Crippen molar-refractivity contribution in [3.05, 3.63) is 28.8 Å². The Morgan fingerprint density at radius 2 is 2.39 bits per heavy atom. The van der Waals surface area contributed by atoms with Crippen LogP contribution in [-0.4, -0.2) is 30.3 Å². The molecule has 1 aliphatic rings. The largest absolute Gasteiger partial charge is 0.478 e. The van der Waals surface area contributed by atoms with Crippen LogP contribution in [0.15, 0.2) is 18.2 Å². The van der Waals surface area contributed by atoms with Crippen molar-refractivity contribution in [2.75, 3.05) is 18.5 Å². The Labute approximate surface area is 111 Å². The lowest BCUT2D eigenvalue weighted by molar-refractivity contribution is 0.0697. The minimum absolute atomic E-state index is 0.122. The maximum Gasteiger partial charge on any atom is 0.337 e. The Morgan fingerprint density at radius 3 is 3.00 bits per heavy atom. The van der Waals surface area contributed by atoms with Crippen molar-refractivity contribution in [1.29, 1.82) is 0 Å². The number of aromatic carboxylic acids is 1. The lowest BCUT2D eigenvalue weighted by Gasteiger charge is -2.20. The Morgan fingerprint density at radius 1 is 1.61 bits per heavy atom. The van der Waals surface area contributed by atoms with Crippen LogP contribution in [0.25, 0.3) is 0 Å². The summed E-state index contributed by atoms with van der Waals surface area (Å²) in [5, 5.41) is 12.6. The number of carbonyl (C=O) groups is 1. The number of hydrogen-bond donors (Lipinski definition) is 2. The maximum absolute atomic E-state index is 11.0. The van der Waals surface area contributed by atoms with Crippen LogP contribution in [-0.2, 0) is 4.74 Å². The Balaban J connectivity index is 2.09. The van der Waals surface area contributed by atoms with Crippen LogP contribution in [0.4, 0.5) is 5.69 Å². The summed E-state index contributed by atoms with van der Waals surface area (Å²) in [4.78, 5) is 11.0. The molecule has 0 aliphatic carbocycles. The lowest BCUT2D eigenvalue weighted by atomic mass is 10.0. The maximum atomic E-state index is 11.0. The van der Waals surface area contributed by atoms with Crippen LogP contribution in [0, 0.1) is 5.92 Å². The van der Waals surface area contributed by atoms with Crippen LogP contribution in [0.3, 0.4) is 0 Å². The van der Waals surface area contributed by atoms with Gasteiger partial charge in [-0.2, -0.15) is 0 Å². The van der Waals surface area contributed by atoms with Crippen molar-refractivity contribution in [2.24, 2.45) is 5.92 Å². The van der Waals surface area contributed by atoms with Crippen LogP contribution in [0.1, 0.15) is 23.7 Å². The van der Waals surface area contributed by atoms with E-state index in [-0.39, 0.29) is 16.6 Å². The average Bonchev–Trinajstić information content (AvgIpc) is 2.85. The summed E-state index contributed by atoms with van der Waals surface area (Å²) in [5.41, 5.74) is 0.896. The lowest BCUT2D eigenvalue weighted by Crippen LogP contribution is -2.26. The van der Waals surface area contributed by atoms with Crippen molar-refractivity contribution >= 4 is 23.3 Å². The van der Waals surface area contributed by atoms with E-state index in [0.29, 0.717) is 5.92 Å². The van der Waals surface area contributed by atoms with E-state index in [2.05, 4.69) is 12.2 Å². The molecule has 0 amide bonds. The van der Waals surface area contributed by atoms with Crippen molar-refractivity contribution in [1.82, 2.24) is 0 Å². The van der Waals surface area contributed by atoms with Crippen LogP contribution < -0.4 is 5.32 Å². The first-order valence-corrected chi connectivity index (χ1v) is 6.33. The number of nitrogens with one attached hydrogen (secondary N) is 1. The average molecular weight is 270 g/mol. The van der Waals surface area contributed by atoms with Gasteiger partial charge in [0.1, 0.15) is 0 Å². The SMILES string of the molecule is CC(Nc1ccc(Cl)c(C(=O)O)c1)C1CCOC1. The number of ether oxygens (including phenoxy) is 1. The molecule has 1 aromatic rings. The molecule has 0 spiro atoms. The third kappa shape index (κ3) is 2.94. The van der Waals surface area contributed by atoms with Crippen LogP contribution in [0.5, 0.6) is 0 Å². The quantitative estimate of drug-likeness (QED) is 0.882. The van der Waals surface area contributed by atoms with E-state index in [1.807, 2.05) is 0 Å². The molecule has 1 aromatic carbocycles. The molecule has 0 bridgehead atoms. The minimum atomic E-state index is -1.01. The molecule has 2 N–H and O–H groups in total. The van der Waals surface area contributed by atoms with Gasteiger partial charge in [-0.25, -0.2) is 4.79 Å². The smallest absolute Gasteiger partial charge is 0.337 e. The molecule has 1 fully saturated rings. The second-order valence-electron chi connectivity index (χ2n) is 4.56. The summed E-state index contributed by atoms with van der Waals surface area (Å²) in [6, 6.07) is 5.21. The molecule has 4 nitrogen and oxygen atoms in total. The van der Waals surface area contributed by atoms with Gasteiger partial charge < -0.3 is 15.2 Å². The molecule has 2 atom stereocenters. The van der Waals surface area contributed by atoms with Crippen molar-refractivity contribution in [3.63, 3.8) is 0 Å². The van der Waals surface area contributed by atoms with Gasteiger partial charge in [0.25, 0.3) is 0 Å². The monoisotopic (exact) mass is 269 g/mol. The normalized spacial score (nSPS) is 20.7. The van der Waals surface area contributed by atoms with Gasteiger partial charge in [0.15, 0.2) is 0 Å². The zero-order valence-electron chi connectivity index (χ0n) is 10.1. The summed E-state index contributed by atoms with van der Waals surface area (Å²) in [5.74, 6) is -0.547. The summed E-state index contributed by atoms with van der Waals surface area (Å²) >= 11 is 5.83. The zero-order valence-corrected chi connectivity index (χ0v) is 10.9. The van der Waals surface area contributed by atoms with E-state index in [1.54, 1.807) is 18.2 Å². The molecule has 1 aliphatic heterocycles. The van der Waals surface area contributed by atoms with Crippen molar-refractivity contribution < 1.29 is 14.6 Å². The number of rotatable bonds is 4. The fourth-order valence-electron chi connectivity index (χ4n) is 2.11. The van der Waals surface area contributed by atoms with E-state index in [4.69, 9.17) is 21.4 Å². The molecule has 2 rings (SSSR count). The first-order chi connectivity index (χ1) is 8.58. The van der Waals surface area contributed by atoms with Gasteiger partial charge in [0.2, 0.25) is 0 Å². The van der Waals surface area contributed by atoms with Gasteiger partial charge in [-0.15, -0.1) is 0 Å². The van der Waals surface area contributed by atoms with E-state index in [1.165, 1.54) is 0 Å². The fourth-order valence-corrected chi connectivity index (χ4v) is 2.31. The summed E-state index contributed by atoms with van der Waals surface area (Å²) in [6.07, 6.45) is 1.04. The Hall–Kier alpha value is -1.26. The topological polar surface area (TPSA) is 58.6 Å². The first kappa shape index (κ1) is 13.2. The molecule has 98 valence electrons. The predicted molar refractivity (Wildman–Crippen MR) is 70.4 cm³/mol. The minimum Gasteiger partial charge on any atom is -0.478 e. The molecular formula is C13H16ClNO3. The van der Waals surface area contributed by atoms with E-state index < -0.39 is 5.97 Å². The van der Waals surface area contributed by atoms with Gasteiger partial charge in [-0.3, -0.25) is 0 Å². The molecule has 18 heavy (non-hydrogen) atoms. The molecule has 5 heteroatoms. The molecule has 0 radical (unpaired) electrons. The molecule has 1 saturated heterocycles. The predicted octanol–water partition coefficient (Wildman–Crippen LogP) is 2.88. The van der Waals surface area contributed by atoms with Crippen LogP contribution >= 0.6 is 11.6 Å². The standard InChI is InChI=1S/C13H16ClNO3/c1-8(9-4-5-18-7-9)15-10-2-3-12(14)11(6-10)13(16)17/h2-3,6,8-9,15H,4-5,7H2,1H3,(H,16,17). The summed E-state index contributed by atoms with van der Waals surface area (Å²) < 4.78 is 5.34. The van der Waals surface area contributed by atoms with Gasteiger partial charge >= 0.3 is 5.97 Å². The third-order valence-electron chi connectivity index (χ3n) is 3.26. The highest BCUT2D eigenvalue weighted by atomic mass is 35.5. The van der Waals surface area contributed by atoms with Crippen molar-refractivity contribution in [3.8, 4) is 0 Å². The fraction of sp³-hybridized carbons (Fsp3) is 0.462. The molecular weight excluding hydrogens is 254 g/mol.